The highest BCUT2D eigenvalue weighted by Gasteiger charge is 2.36. The number of carbonyl (C=O) groups is 1. The van der Waals surface area contributed by atoms with Crippen molar-refractivity contribution in [3.05, 3.63) is 35.9 Å². The van der Waals surface area contributed by atoms with Crippen molar-refractivity contribution in [1.82, 2.24) is 0 Å². The van der Waals surface area contributed by atoms with Gasteiger partial charge in [0.1, 0.15) is 5.54 Å². The van der Waals surface area contributed by atoms with E-state index in [-0.39, 0.29) is 6.61 Å². The first-order valence-electron chi connectivity index (χ1n) is 6.26. The summed E-state index contributed by atoms with van der Waals surface area (Å²) < 4.78 is 4.83. The summed E-state index contributed by atoms with van der Waals surface area (Å²) in [7, 11) is 1.35. The molecule has 0 bridgehead atoms. The van der Waals surface area contributed by atoms with Crippen LogP contribution < -0.4 is 5.73 Å². The van der Waals surface area contributed by atoms with E-state index in [0.29, 0.717) is 6.42 Å². The molecule has 1 aromatic carbocycles. The Balaban J connectivity index is 2.69. The molecule has 0 aromatic heterocycles. The van der Waals surface area contributed by atoms with Gasteiger partial charge in [0, 0.05) is 6.61 Å². The number of esters is 1. The van der Waals surface area contributed by atoms with Crippen LogP contribution in [-0.4, -0.2) is 36.3 Å². The largest absolute Gasteiger partial charge is 0.467 e. The number of thioether (sulfide) groups is 1. The summed E-state index contributed by atoms with van der Waals surface area (Å²) >= 11 is 1.68. The van der Waals surface area contributed by atoms with Crippen molar-refractivity contribution in [1.29, 1.82) is 0 Å². The third-order valence-corrected chi connectivity index (χ3v) is 4.00. The predicted molar refractivity (Wildman–Crippen MR) is 78.0 cm³/mol. The Morgan fingerprint density at radius 3 is 2.63 bits per heavy atom. The van der Waals surface area contributed by atoms with E-state index in [0.717, 1.165) is 23.5 Å². The number of aliphatic hydroxyl groups is 1. The van der Waals surface area contributed by atoms with Crippen LogP contribution in [0, 0.1) is 0 Å². The minimum absolute atomic E-state index is 0.191. The second kappa shape index (κ2) is 8.19. The Labute approximate surface area is 118 Å². The summed E-state index contributed by atoms with van der Waals surface area (Å²) in [6.45, 7) is 0.191. The van der Waals surface area contributed by atoms with E-state index in [9.17, 15) is 4.79 Å². The van der Waals surface area contributed by atoms with Crippen molar-refractivity contribution in [2.24, 2.45) is 5.73 Å². The smallest absolute Gasteiger partial charge is 0.330 e. The summed E-state index contributed by atoms with van der Waals surface area (Å²) in [6, 6.07) is 9.29. The van der Waals surface area contributed by atoms with E-state index in [1.807, 2.05) is 30.3 Å². The minimum atomic E-state index is -1.10. The first-order chi connectivity index (χ1) is 9.15. The van der Waals surface area contributed by atoms with Crippen LogP contribution in [0.1, 0.15) is 18.4 Å². The zero-order valence-corrected chi connectivity index (χ0v) is 12.0. The number of benzene rings is 1. The molecular formula is C14H21NO3S. The van der Waals surface area contributed by atoms with Crippen LogP contribution in [0.5, 0.6) is 0 Å². The van der Waals surface area contributed by atoms with E-state index in [2.05, 4.69) is 0 Å². The topological polar surface area (TPSA) is 72.5 Å². The van der Waals surface area contributed by atoms with Crippen molar-refractivity contribution >= 4 is 17.7 Å². The van der Waals surface area contributed by atoms with Crippen LogP contribution in [0.15, 0.2) is 30.3 Å². The van der Waals surface area contributed by atoms with E-state index in [1.54, 1.807) is 11.8 Å². The zero-order chi connectivity index (χ0) is 14.1. The van der Waals surface area contributed by atoms with Gasteiger partial charge in [0.25, 0.3) is 0 Å². The predicted octanol–water partition coefficient (Wildman–Crippen LogP) is 1.52. The number of methoxy groups -OCH3 is 1. The third-order valence-electron chi connectivity index (χ3n) is 2.93. The van der Waals surface area contributed by atoms with Crippen molar-refractivity contribution in [2.75, 3.05) is 25.2 Å². The average molecular weight is 283 g/mol. The maximum Gasteiger partial charge on any atom is 0.330 e. The van der Waals surface area contributed by atoms with E-state index in [1.165, 1.54) is 7.11 Å². The van der Waals surface area contributed by atoms with Crippen LogP contribution >= 0.6 is 11.8 Å². The van der Waals surface area contributed by atoms with Crippen LogP contribution in [0.25, 0.3) is 0 Å². The SMILES string of the molecule is COC(=O)C(N)(CCSCCCO)c1ccccc1. The van der Waals surface area contributed by atoms with Gasteiger partial charge in [-0.15, -0.1) is 0 Å². The molecular weight excluding hydrogens is 262 g/mol. The standard InChI is InChI=1S/C14H21NO3S/c1-18-13(17)14(15,8-11-19-10-5-9-16)12-6-3-2-4-7-12/h2-4,6-7,16H,5,8-11,15H2,1H3. The Hall–Kier alpha value is -1.04. The number of aliphatic hydroxyl groups excluding tert-OH is 1. The molecule has 0 saturated carbocycles. The number of nitrogens with two attached hydrogens (primary N) is 1. The Morgan fingerprint density at radius 2 is 2.05 bits per heavy atom. The average Bonchev–Trinajstić information content (AvgIpc) is 2.46. The lowest BCUT2D eigenvalue weighted by Crippen LogP contribution is -2.46. The highest BCUT2D eigenvalue weighted by molar-refractivity contribution is 7.99. The summed E-state index contributed by atoms with van der Waals surface area (Å²) in [5.74, 6) is 1.20. The maximum absolute atomic E-state index is 12.0. The molecule has 0 aliphatic carbocycles. The van der Waals surface area contributed by atoms with Crippen LogP contribution in [0.2, 0.25) is 0 Å². The molecule has 106 valence electrons. The van der Waals surface area contributed by atoms with Crippen molar-refractivity contribution in [3.8, 4) is 0 Å². The van der Waals surface area contributed by atoms with Gasteiger partial charge in [-0.25, -0.2) is 4.79 Å². The molecule has 0 heterocycles. The van der Waals surface area contributed by atoms with Gasteiger partial charge < -0.3 is 15.6 Å². The lowest BCUT2D eigenvalue weighted by atomic mass is 9.88. The second-order valence-electron chi connectivity index (χ2n) is 4.27. The monoisotopic (exact) mass is 283 g/mol. The van der Waals surface area contributed by atoms with Gasteiger partial charge in [-0.2, -0.15) is 11.8 Å². The molecule has 3 N–H and O–H groups in total. The highest BCUT2D eigenvalue weighted by Crippen LogP contribution is 2.25. The number of ether oxygens (including phenoxy) is 1. The Kier molecular flexibility index (Phi) is 6.91. The summed E-state index contributed by atoms with van der Waals surface area (Å²) in [5.41, 5.74) is 5.92. The van der Waals surface area contributed by atoms with Gasteiger partial charge in [-0.3, -0.25) is 0 Å². The molecule has 0 amide bonds. The molecule has 19 heavy (non-hydrogen) atoms. The fourth-order valence-corrected chi connectivity index (χ4v) is 2.79. The van der Waals surface area contributed by atoms with Gasteiger partial charge in [0.2, 0.25) is 0 Å². The van der Waals surface area contributed by atoms with Gasteiger partial charge in [-0.1, -0.05) is 30.3 Å². The molecule has 1 atom stereocenters. The molecule has 0 radical (unpaired) electrons. The number of carbonyl (C=O) groups excluding carboxylic acids is 1. The molecule has 0 spiro atoms. The molecule has 0 saturated heterocycles. The molecule has 5 heteroatoms. The minimum Gasteiger partial charge on any atom is -0.467 e. The van der Waals surface area contributed by atoms with E-state index in [4.69, 9.17) is 15.6 Å². The Bertz CT molecular complexity index is 386. The van der Waals surface area contributed by atoms with Gasteiger partial charge in [-0.05, 0) is 29.9 Å². The molecule has 0 fully saturated rings. The van der Waals surface area contributed by atoms with Crippen molar-refractivity contribution in [3.63, 3.8) is 0 Å². The molecule has 0 aliphatic heterocycles. The van der Waals surface area contributed by atoms with E-state index < -0.39 is 11.5 Å². The fraction of sp³-hybridized carbons (Fsp3) is 0.500. The van der Waals surface area contributed by atoms with Gasteiger partial charge in [0.05, 0.1) is 7.11 Å². The summed E-state index contributed by atoms with van der Waals surface area (Å²) in [5, 5.41) is 8.72. The quantitative estimate of drug-likeness (QED) is 0.559. The highest BCUT2D eigenvalue weighted by atomic mass is 32.2. The fourth-order valence-electron chi connectivity index (χ4n) is 1.78. The van der Waals surface area contributed by atoms with Crippen molar-refractivity contribution < 1.29 is 14.6 Å². The third kappa shape index (κ3) is 4.53. The van der Waals surface area contributed by atoms with Crippen LogP contribution in [0.3, 0.4) is 0 Å². The maximum atomic E-state index is 12.0. The van der Waals surface area contributed by atoms with E-state index >= 15 is 0 Å². The number of hydrogen-bond acceptors (Lipinski definition) is 5. The first-order valence-corrected chi connectivity index (χ1v) is 7.42. The Morgan fingerprint density at radius 1 is 1.37 bits per heavy atom. The summed E-state index contributed by atoms with van der Waals surface area (Å²) in [4.78, 5) is 12.0. The number of rotatable bonds is 8. The molecule has 1 aromatic rings. The molecule has 4 nitrogen and oxygen atoms in total. The molecule has 1 rings (SSSR count). The van der Waals surface area contributed by atoms with Crippen LogP contribution in [0.4, 0.5) is 0 Å². The second-order valence-corrected chi connectivity index (χ2v) is 5.49. The normalized spacial score (nSPS) is 13.8. The lowest BCUT2D eigenvalue weighted by Gasteiger charge is -2.26. The first kappa shape index (κ1) is 16.0. The molecule has 0 aliphatic rings. The number of hydrogen-bond donors (Lipinski definition) is 2. The lowest BCUT2D eigenvalue weighted by molar-refractivity contribution is -0.147. The van der Waals surface area contributed by atoms with Gasteiger partial charge >= 0.3 is 5.97 Å². The molecule has 1 unspecified atom stereocenters. The van der Waals surface area contributed by atoms with Gasteiger partial charge in [0.15, 0.2) is 0 Å². The zero-order valence-electron chi connectivity index (χ0n) is 11.2. The summed E-state index contributed by atoms with van der Waals surface area (Å²) in [6.07, 6.45) is 1.27. The van der Waals surface area contributed by atoms with Crippen molar-refractivity contribution in [2.45, 2.75) is 18.4 Å². The van der Waals surface area contributed by atoms with Crippen LogP contribution in [-0.2, 0) is 15.1 Å².